The van der Waals surface area contributed by atoms with E-state index in [1.54, 1.807) is 0 Å². The molecule has 192 valence electrons. The van der Waals surface area contributed by atoms with Crippen LogP contribution in [0.15, 0.2) is 54.9 Å². The van der Waals surface area contributed by atoms with Crippen LogP contribution in [0.4, 0.5) is 4.79 Å². The molecule has 1 aromatic carbocycles. The summed E-state index contributed by atoms with van der Waals surface area (Å²) in [6, 6.07) is 14.2. The molecule has 0 radical (unpaired) electrons. The van der Waals surface area contributed by atoms with E-state index in [0.717, 1.165) is 42.9 Å². The zero-order valence-electron chi connectivity index (χ0n) is 20.3. The number of ether oxygens (including phenoxy) is 3. The van der Waals surface area contributed by atoms with Crippen LogP contribution in [0.25, 0.3) is 5.69 Å². The van der Waals surface area contributed by atoms with Crippen molar-refractivity contribution in [2.24, 2.45) is 0 Å². The van der Waals surface area contributed by atoms with Crippen molar-refractivity contribution in [3.63, 3.8) is 0 Å². The third kappa shape index (κ3) is 7.51. The standard InChI is InChI=1S/C26H33N5O5/c32-26(33)28-12-13-34-14-15-35-16-17-36-22-9-7-21(8-10-22)31-25-6-3-5-24(23(25)19-30-31)29-18-20-4-1-2-11-27-20/h1-2,4,7-11,19,24,28-29H,3,5-6,12-18H2,(H,32,33). The number of nitrogens with one attached hydrogen (secondary N) is 2. The van der Waals surface area contributed by atoms with Crippen LogP contribution in [0.5, 0.6) is 5.75 Å². The van der Waals surface area contributed by atoms with E-state index >= 15 is 0 Å². The minimum atomic E-state index is -1.05. The fraction of sp³-hybridized carbons (Fsp3) is 0.423. The molecule has 1 aliphatic carbocycles. The fourth-order valence-corrected chi connectivity index (χ4v) is 4.18. The zero-order chi connectivity index (χ0) is 25.0. The quantitative estimate of drug-likeness (QED) is 0.292. The van der Waals surface area contributed by atoms with Crippen molar-refractivity contribution in [3.8, 4) is 11.4 Å². The largest absolute Gasteiger partial charge is 0.491 e. The van der Waals surface area contributed by atoms with E-state index in [2.05, 4.69) is 20.7 Å². The molecule has 3 aromatic rings. The van der Waals surface area contributed by atoms with Crippen LogP contribution in [-0.4, -0.2) is 65.5 Å². The number of nitrogens with zero attached hydrogens (tertiary/aromatic N) is 3. The first kappa shape index (κ1) is 25.6. The Morgan fingerprint density at radius 3 is 2.64 bits per heavy atom. The van der Waals surface area contributed by atoms with Crippen LogP contribution < -0.4 is 15.4 Å². The van der Waals surface area contributed by atoms with Gasteiger partial charge in [0, 0.05) is 36.6 Å². The number of amides is 1. The molecule has 3 N–H and O–H groups in total. The van der Waals surface area contributed by atoms with Crippen LogP contribution in [0.2, 0.25) is 0 Å². The predicted molar refractivity (Wildman–Crippen MR) is 133 cm³/mol. The molecule has 0 saturated heterocycles. The summed E-state index contributed by atoms with van der Waals surface area (Å²) < 4.78 is 18.5. The molecule has 4 rings (SSSR count). The highest BCUT2D eigenvalue weighted by Crippen LogP contribution is 2.31. The molecule has 2 aromatic heterocycles. The Bertz CT molecular complexity index is 1070. The first-order chi connectivity index (χ1) is 17.7. The van der Waals surface area contributed by atoms with E-state index in [0.29, 0.717) is 33.0 Å². The van der Waals surface area contributed by atoms with Crippen molar-refractivity contribution in [3.05, 3.63) is 71.8 Å². The van der Waals surface area contributed by atoms with Crippen molar-refractivity contribution in [2.75, 3.05) is 39.6 Å². The van der Waals surface area contributed by atoms with Gasteiger partial charge >= 0.3 is 6.09 Å². The van der Waals surface area contributed by atoms with Gasteiger partial charge in [0.15, 0.2) is 0 Å². The second-order valence-electron chi connectivity index (χ2n) is 8.40. The van der Waals surface area contributed by atoms with Gasteiger partial charge in [-0.05, 0) is 55.7 Å². The molecular formula is C26H33N5O5. The molecule has 0 saturated carbocycles. The maximum absolute atomic E-state index is 10.3. The molecule has 0 bridgehead atoms. The van der Waals surface area contributed by atoms with Gasteiger partial charge in [-0.2, -0.15) is 5.10 Å². The van der Waals surface area contributed by atoms with E-state index in [9.17, 15) is 4.79 Å². The van der Waals surface area contributed by atoms with Crippen LogP contribution >= 0.6 is 0 Å². The van der Waals surface area contributed by atoms with Gasteiger partial charge in [-0.15, -0.1) is 0 Å². The normalized spacial score (nSPS) is 14.8. The first-order valence-corrected chi connectivity index (χ1v) is 12.3. The summed E-state index contributed by atoms with van der Waals surface area (Å²) in [6.45, 7) is 3.03. The summed E-state index contributed by atoms with van der Waals surface area (Å²) in [6.07, 6.45) is 5.97. The summed E-state index contributed by atoms with van der Waals surface area (Å²) in [5.41, 5.74) is 4.57. The van der Waals surface area contributed by atoms with Gasteiger partial charge in [-0.1, -0.05) is 6.07 Å². The van der Waals surface area contributed by atoms with E-state index in [1.807, 2.05) is 59.5 Å². The summed E-state index contributed by atoms with van der Waals surface area (Å²) in [7, 11) is 0. The van der Waals surface area contributed by atoms with Crippen LogP contribution in [0.1, 0.15) is 35.8 Å². The van der Waals surface area contributed by atoms with Crippen molar-refractivity contribution < 1.29 is 24.1 Å². The maximum Gasteiger partial charge on any atom is 0.404 e. The van der Waals surface area contributed by atoms with Gasteiger partial charge in [0.05, 0.1) is 44.0 Å². The van der Waals surface area contributed by atoms with E-state index in [-0.39, 0.29) is 12.6 Å². The smallest absolute Gasteiger partial charge is 0.404 e. The van der Waals surface area contributed by atoms with E-state index in [1.165, 1.54) is 11.3 Å². The van der Waals surface area contributed by atoms with Gasteiger partial charge in [0.2, 0.25) is 0 Å². The van der Waals surface area contributed by atoms with Crippen molar-refractivity contribution in [1.82, 2.24) is 25.4 Å². The molecule has 0 spiro atoms. The molecule has 1 amide bonds. The van der Waals surface area contributed by atoms with E-state index in [4.69, 9.17) is 19.3 Å². The molecule has 0 fully saturated rings. The van der Waals surface area contributed by atoms with Gasteiger partial charge in [0.25, 0.3) is 0 Å². The Balaban J connectivity index is 1.20. The monoisotopic (exact) mass is 495 g/mol. The topological polar surface area (TPSA) is 120 Å². The minimum Gasteiger partial charge on any atom is -0.491 e. The van der Waals surface area contributed by atoms with Crippen molar-refractivity contribution >= 4 is 6.09 Å². The molecular weight excluding hydrogens is 462 g/mol. The number of aromatic nitrogens is 3. The van der Waals surface area contributed by atoms with Gasteiger partial charge in [-0.25, -0.2) is 9.48 Å². The van der Waals surface area contributed by atoms with Crippen LogP contribution in [-0.2, 0) is 22.4 Å². The number of carboxylic acid groups (broad SMARTS) is 1. The average Bonchev–Trinajstić information content (AvgIpc) is 3.34. The number of benzene rings is 1. The zero-order valence-corrected chi connectivity index (χ0v) is 20.3. The summed E-state index contributed by atoms with van der Waals surface area (Å²) in [5.74, 6) is 0.772. The lowest BCUT2D eigenvalue weighted by atomic mass is 9.93. The lowest BCUT2D eigenvalue weighted by Gasteiger charge is -2.24. The number of pyridine rings is 1. The maximum atomic E-state index is 10.3. The van der Waals surface area contributed by atoms with Crippen molar-refractivity contribution in [1.29, 1.82) is 0 Å². The lowest BCUT2D eigenvalue weighted by Crippen LogP contribution is -2.25. The number of hydrogen-bond donors (Lipinski definition) is 3. The third-order valence-corrected chi connectivity index (χ3v) is 5.91. The summed E-state index contributed by atoms with van der Waals surface area (Å²) >= 11 is 0. The highest BCUT2D eigenvalue weighted by atomic mass is 16.5. The molecule has 10 nitrogen and oxygen atoms in total. The fourth-order valence-electron chi connectivity index (χ4n) is 4.18. The van der Waals surface area contributed by atoms with Crippen LogP contribution in [0, 0.1) is 0 Å². The molecule has 2 heterocycles. The number of rotatable bonds is 14. The summed E-state index contributed by atoms with van der Waals surface area (Å²) in [4.78, 5) is 14.7. The lowest BCUT2D eigenvalue weighted by molar-refractivity contribution is 0.0373. The van der Waals surface area contributed by atoms with E-state index < -0.39 is 6.09 Å². The first-order valence-electron chi connectivity index (χ1n) is 12.3. The number of fused-ring (bicyclic) bond motifs is 1. The Kier molecular flexibility index (Phi) is 9.66. The third-order valence-electron chi connectivity index (χ3n) is 5.91. The Labute approximate surface area is 210 Å². The second kappa shape index (κ2) is 13.6. The molecule has 1 unspecified atom stereocenters. The van der Waals surface area contributed by atoms with Gasteiger partial charge in [0.1, 0.15) is 12.4 Å². The molecule has 0 aliphatic heterocycles. The second-order valence-corrected chi connectivity index (χ2v) is 8.40. The van der Waals surface area contributed by atoms with Gasteiger partial charge < -0.3 is 30.0 Å². The molecule has 1 aliphatic rings. The number of hydrogen-bond acceptors (Lipinski definition) is 7. The molecule has 10 heteroatoms. The number of carbonyl (C=O) groups is 1. The Morgan fingerprint density at radius 1 is 1.06 bits per heavy atom. The average molecular weight is 496 g/mol. The summed E-state index contributed by atoms with van der Waals surface area (Å²) in [5, 5.41) is 19.0. The SMILES string of the molecule is O=C(O)NCCOCCOCCOc1ccc(-n2ncc3c2CCCC3NCc2ccccn2)cc1. The minimum absolute atomic E-state index is 0.263. The molecule has 36 heavy (non-hydrogen) atoms. The van der Waals surface area contributed by atoms with Crippen LogP contribution in [0.3, 0.4) is 0 Å². The highest BCUT2D eigenvalue weighted by Gasteiger charge is 2.24. The predicted octanol–water partition coefficient (Wildman–Crippen LogP) is 3.11. The Morgan fingerprint density at radius 2 is 1.86 bits per heavy atom. The van der Waals surface area contributed by atoms with Gasteiger partial charge in [-0.3, -0.25) is 4.98 Å². The van der Waals surface area contributed by atoms with Crippen molar-refractivity contribution in [2.45, 2.75) is 31.8 Å². The molecule has 1 atom stereocenters. The highest BCUT2D eigenvalue weighted by molar-refractivity contribution is 5.64. The Hall–Kier alpha value is -3.47.